The molecular weight excluding hydrogens is 414 g/mol. The summed E-state index contributed by atoms with van der Waals surface area (Å²) in [5.74, 6) is 1.25. The highest BCUT2D eigenvalue weighted by atomic mass is 32.2. The number of hydrogen-bond donors (Lipinski definition) is 1. The van der Waals surface area contributed by atoms with Gasteiger partial charge in [0.05, 0.1) is 22.9 Å². The molecule has 0 spiro atoms. The lowest BCUT2D eigenvalue weighted by atomic mass is 10.1. The molecule has 0 aliphatic carbocycles. The van der Waals surface area contributed by atoms with E-state index in [0.29, 0.717) is 34.2 Å². The standard InChI is InChI=1S/C23H19N3O4S/c1-15-9-21(27)25-23(18(15)11-24)31-13-22(28)26(17-5-3-2-4-6-17)12-16-7-8-19-20(10-16)30-14-29-19/h2-10H,12-14H2,1H3,(H,25,27). The quantitative estimate of drug-likeness (QED) is 0.597. The second kappa shape index (κ2) is 8.98. The van der Waals surface area contributed by atoms with Gasteiger partial charge in [0.1, 0.15) is 6.07 Å². The smallest absolute Gasteiger partial charge is 0.249 e. The Kier molecular flexibility index (Phi) is 5.96. The van der Waals surface area contributed by atoms with Crippen molar-refractivity contribution in [1.82, 2.24) is 4.98 Å². The van der Waals surface area contributed by atoms with Crippen LogP contribution >= 0.6 is 11.8 Å². The van der Waals surface area contributed by atoms with Crippen molar-refractivity contribution < 1.29 is 14.3 Å². The third kappa shape index (κ3) is 4.57. The predicted octanol–water partition coefficient (Wildman–Crippen LogP) is 3.61. The molecule has 4 rings (SSSR count). The van der Waals surface area contributed by atoms with Crippen LogP contribution in [0.1, 0.15) is 16.7 Å². The van der Waals surface area contributed by atoms with Crippen LogP contribution in [0.3, 0.4) is 0 Å². The molecule has 0 unspecified atom stereocenters. The first kappa shape index (κ1) is 20.6. The molecule has 2 aromatic carbocycles. The molecule has 2 heterocycles. The summed E-state index contributed by atoms with van der Waals surface area (Å²) in [6.07, 6.45) is 0. The number of carbonyl (C=O) groups is 1. The van der Waals surface area contributed by atoms with E-state index in [4.69, 9.17) is 9.47 Å². The van der Waals surface area contributed by atoms with Crippen molar-refractivity contribution in [2.24, 2.45) is 0 Å². The number of nitrogens with one attached hydrogen (secondary N) is 1. The first-order valence-corrected chi connectivity index (χ1v) is 10.5. The molecule has 7 nitrogen and oxygen atoms in total. The van der Waals surface area contributed by atoms with E-state index in [0.717, 1.165) is 23.0 Å². The molecule has 1 N–H and O–H groups in total. The van der Waals surface area contributed by atoms with Gasteiger partial charge in [0, 0.05) is 11.8 Å². The van der Waals surface area contributed by atoms with E-state index in [-0.39, 0.29) is 24.0 Å². The number of anilines is 1. The van der Waals surface area contributed by atoms with Crippen LogP contribution in [0.15, 0.2) is 64.4 Å². The molecular formula is C23H19N3O4S. The number of thioether (sulfide) groups is 1. The van der Waals surface area contributed by atoms with Crippen molar-refractivity contribution in [2.75, 3.05) is 17.4 Å². The number of H-pyrrole nitrogens is 1. The molecule has 0 fully saturated rings. The van der Waals surface area contributed by atoms with Gasteiger partial charge in [-0.05, 0) is 42.3 Å². The molecule has 0 saturated carbocycles. The Morgan fingerprint density at radius 2 is 1.94 bits per heavy atom. The van der Waals surface area contributed by atoms with Crippen molar-refractivity contribution in [3.63, 3.8) is 0 Å². The summed E-state index contributed by atoms with van der Waals surface area (Å²) in [6.45, 7) is 2.23. The highest BCUT2D eigenvalue weighted by Crippen LogP contribution is 2.33. The molecule has 1 aliphatic heterocycles. The second-order valence-electron chi connectivity index (χ2n) is 6.92. The molecule has 1 aliphatic rings. The highest BCUT2D eigenvalue weighted by molar-refractivity contribution is 8.00. The molecule has 156 valence electrons. The summed E-state index contributed by atoms with van der Waals surface area (Å²) >= 11 is 1.15. The van der Waals surface area contributed by atoms with Crippen molar-refractivity contribution in [1.29, 1.82) is 5.26 Å². The number of rotatable bonds is 6. The van der Waals surface area contributed by atoms with Gasteiger partial charge in [-0.25, -0.2) is 0 Å². The minimum Gasteiger partial charge on any atom is -0.454 e. The molecule has 31 heavy (non-hydrogen) atoms. The van der Waals surface area contributed by atoms with Crippen molar-refractivity contribution >= 4 is 23.4 Å². The Morgan fingerprint density at radius 1 is 1.16 bits per heavy atom. The average Bonchev–Trinajstić information content (AvgIpc) is 3.24. The molecule has 0 radical (unpaired) electrons. The number of amides is 1. The summed E-state index contributed by atoms with van der Waals surface area (Å²) in [4.78, 5) is 29.4. The highest BCUT2D eigenvalue weighted by Gasteiger charge is 2.20. The molecule has 3 aromatic rings. The van der Waals surface area contributed by atoms with Crippen LogP contribution in [0.25, 0.3) is 0 Å². The number of nitrogens with zero attached hydrogens (tertiary/aromatic N) is 2. The van der Waals surface area contributed by atoms with Crippen molar-refractivity contribution in [2.45, 2.75) is 18.5 Å². The van der Waals surface area contributed by atoms with Gasteiger partial charge in [-0.1, -0.05) is 36.0 Å². The summed E-state index contributed by atoms with van der Waals surface area (Å²) in [5.41, 5.74) is 2.31. The predicted molar refractivity (Wildman–Crippen MR) is 117 cm³/mol. The Bertz CT molecular complexity index is 1220. The molecule has 0 bridgehead atoms. The number of fused-ring (bicyclic) bond motifs is 1. The Hall–Kier alpha value is -3.70. The fourth-order valence-electron chi connectivity index (χ4n) is 3.27. The first-order valence-electron chi connectivity index (χ1n) is 9.56. The van der Waals surface area contributed by atoms with Gasteiger partial charge in [-0.2, -0.15) is 5.26 Å². The van der Waals surface area contributed by atoms with Gasteiger partial charge in [0.25, 0.3) is 0 Å². The van der Waals surface area contributed by atoms with Gasteiger partial charge < -0.3 is 19.4 Å². The van der Waals surface area contributed by atoms with Gasteiger partial charge in [-0.15, -0.1) is 0 Å². The fourth-order valence-corrected chi connectivity index (χ4v) is 4.22. The summed E-state index contributed by atoms with van der Waals surface area (Å²) < 4.78 is 10.8. The Morgan fingerprint density at radius 3 is 2.71 bits per heavy atom. The first-order chi connectivity index (χ1) is 15.0. The maximum absolute atomic E-state index is 13.2. The number of pyridine rings is 1. The fraction of sp³-hybridized carbons (Fsp3) is 0.174. The monoisotopic (exact) mass is 433 g/mol. The number of benzene rings is 2. The van der Waals surface area contributed by atoms with Gasteiger partial charge in [-0.3, -0.25) is 9.59 Å². The van der Waals surface area contributed by atoms with E-state index in [2.05, 4.69) is 11.1 Å². The molecule has 1 amide bonds. The minimum atomic E-state index is -0.299. The third-order valence-electron chi connectivity index (χ3n) is 4.80. The maximum atomic E-state index is 13.2. The van der Waals surface area contributed by atoms with Crippen LogP contribution in [-0.2, 0) is 11.3 Å². The van der Waals surface area contributed by atoms with E-state index in [1.54, 1.807) is 11.8 Å². The second-order valence-corrected chi connectivity index (χ2v) is 7.91. The molecule has 1 aromatic heterocycles. The molecule has 0 saturated heterocycles. The summed E-state index contributed by atoms with van der Waals surface area (Å²) in [7, 11) is 0. The number of ether oxygens (including phenoxy) is 2. The SMILES string of the molecule is Cc1cc(=O)[nH]c(SCC(=O)N(Cc2ccc3c(c2)OCO3)c2ccccc2)c1C#N. The van der Waals surface area contributed by atoms with E-state index in [9.17, 15) is 14.9 Å². The van der Waals surface area contributed by atoms with Gasteiger partial charge >= 0.3 is 0 Å². The zero-order valence-electron chi connectivity index (χ0n) is 16.8. The number of para-hydroxylation sites is 1. The van der Waals surface area contributed by atoms with Crippen LogP contribution in [-0.4, -0.2) is 23.4 Å². The number of aromatic amines is 1. The van der Waals surface area contributed by atoms with Crippen molar-refractivity contribution in [3.8, 4) is 17.6 Å². The van der Waals surface area contributed by atoms with Crippen LogP contribution in [0.5, 0.6) is 11.5 Å². The number of aryl methyl sites for hydroxylation is 1. The number of aromatic nitrogens is 1. The lowest BCUT2D eigenvalue weighted by Crippen LogP contribution is -2.32. The molecule has 0 atom stereocenters. The zero-order valence-corrected chi connectivity index (χ0v) is 17.6. The van der Waals surface area contributed by atoms with Gasteiger partial charge in [0.2, 0.25) is 18.3 Å². The number of hydrogen-bond acceptors (Lipinski definition) is 6. The number of nitriles is 1. The Labute approximate surface area is 183 Å². The third-order valence-corrected chi connectivity index (χ3v) is 5.79. The topological polar surface area (TPSA) is 95.4 Å². The normalized spacial score (nSPS) is 11.7. The lowest BCUT2D eigenvalue weighted by Gasteiger charge is -2.23. The van der Waals surface area contributed by atoms with Crippen molar-refractivity contribution in [3.05, 3.63) is 81.6 Å². The van der Waals surface area contributed by atoms with Gasteiger partial charge in [0.15, 0.2) is 11.5 Å². The summed E-state index contributed by atoms with van der Waals surface area (Å²) in [5, 5.41) is 9.81. The zero-order chi connectivity index (χ0) is 21.8. The van der Waals surface area contributed by atoms with Crippen LogP contribution in [0, 0.1) is 18.3 Å². The van der Waals surface area contributed by atoms with E-state index >= 15 is 0 Å². The number of carbonyl (C=O) groups excluding carboxylic acids is 1. The average molecular weight is 433 g/mol. The van der Waals surface area contributed by atoms with Crippen LogP contribution < -0.4 is 19.9 Å². The largest absolute Gasteiger partial charge is 0.454 e. The lowest BCUT2D eigenvalue weighted by molar-refractivity contribution is -0.116. The van der Waals surface area contributed by atoms with E-state index in [1.807, 2.05) is 48.5 Å². The van der Waals surface area contributed by atoms with E-state index in [1.165, 1.54) is 6.07 Å². The Balaban J connectivity index is 1.57. The maximum Gasteiger partial charge on any atom is 0.249 e. The summed E-state index contributed by atoms with van der Waals surface area (Å²) in [6, 6.07) is 18.4. The molecule has 8 heteroatoms. The minimum absolute atomic E-state index is 0.0630. The van der Waals surface area contributed by atoms with Crippen LogP contribution in [0.2, 0.25) is 0 Å². The van der Waals surface area contributed by atoms with E-state index < -0.39 is 0 Å². The van der Waals surface area contributed by atoms with Crippen LogP contribution in [0.4, 0.5) is 5.69 Å².